The van der Waals surface area contributed by atoms with Gasteiger partial charge in [0, 0.05) is 41.3 Å². The molecular weight excluding hydrogens is 521 g/mol. The summed E-state index contributed by atoms with van der Waals surface area (Å²) in [6, 6.07) is 9.74. The van der Waals surface area contributed by atoms with Crippen molar-refractivity contribution < 1.29 is 22.7 Å². The number of halogens is 5. The zero-order chi connectivity index (χ0) is 20.3. The van der Waals surface area contributed by atoms with Crippen LogP contribution in [0.15, 0.2) is 41.4 Å². The second-order valence-corrected chi connectivity index (χ2v) is 7.07. The average Bonchev–Trinajstić information content (AvgIpc) is 3.12. The molecule has 2 aromatic carbocycles. The molecular formula is C19H18F4IN3OS. The number of hydrogen-bond acceptors (Lipinski definition) is 3. The molecule has 0 saturated carbocycles. The minimum atomic E-state index is -1.47. The molecule has 0 aliphatic carbocycles. The maximum Gasteiger partial charge on any atom is 0.191 e. The predicted molar refractivity (Wildman–Crippen MR) is 117 cm³/mol. The van der Waals surface area contributed by atoms with E-state index < -0.39 is 41.5 Å². The van der Waals surface area contributed by atoms with Crippen molar-refractivity contribution in [2.75, 3.05) is 13.6 Å². The molecule has 1 aromatic heterocycles. The summed E-state index contributed by atoms with van der Waals surface area (Å²) in [4.78, 5) is 4.61. The lowest BCUT2D eigenvalue weighted by molar-refractivity contribution is 0.184. The number of benzene rings is 2. The number of aliphatic imine (C=N–C) groups is 1. The molecule has 3 aromatic rings. The first kappa shape index (κ1) is 23.4. The third-order valence-electron chi connectivity index (χ3n) is 4.09. The molecule has 0 aliphatic rings. The smallest absolute Gasteiger partial charge is 0.191 e. The predicted octanol–water partition coefficient (Wildman–Crippen LogP) is 4.47. The molecule has 0 aliphatic heterocycles. The molecule has 3 N–H and O–H groups in total. The van der Waals surface area contributed by atoms with Crippen molar-refractivity contribution in [2.45, 2.75) is 12.6 Å². The van der Waals surface area contributed by atoms with Gasteiger partial charge in [0.1, 0.15) is 6.10 Å². The van der Waals surface area contributed by atoms with E-state index in [1.54, 1.807) is 0 Å². The van der Waals surface area contributed by atoms with Crippen LogP contribution in [-0.4, -0.2) is 24.7 Å². The maximum absolute atomic E-state index is 13.7. The van der Waals surface area contributed by atoms with Crippen molar-refractivity contribution in [3.63, 3.8) is 0 Å². The van der Waals surface area contributed by atoms with Gasteiger partial charge in [-0.05, 0) is 17.5 Å². The molecule has 0 bridgehead atoms. The van der Waals surface area contributed by atoms with E-state index in [-0.39, 0.29) is 42.5 Å². The van der Waals surface area contributed by atoms with E-state index in [9.17, 15) is 22.7 Å². The molecule has 3 rings (SSSR count). The first-order valence-electron chi connectivity index (χ1n) is 8.33. The minimum Gasteiger partial charge on any atom is -0.386 e. The number of fused-ring (bicyclic) bond motifs is 1. The monoisotopic (exact) mass is 539 g/mol. The highest BCUT2D eigenvalue weighted by atomic mass is 127. The Morgan fingerprint density at radius 2 is 1.72 bits per heavy atom. The van der Waals surface area contributed by atoms with Gasteiger partial charge in [-0.2, -0.15) is 0 Å². The highest BCUT2D eigenvalue weighted by Crippen LogP contribution is 2.29. The van der Waals surface area contributed by atoms with E-state index in [1.165, 1.54) is 18.4 Å². The van der Waals surface area contributed by atoms with Crippen molar-refractivity contribution in [1.82, 2.24) is 10.6 Å². The van der Waals surface area contributed by atoms with Crippen molar-refractivity contribution in [3.8, 4) is 0 Å². The number of thiophene rings is 1. The Kier molecular flexibility index (Phi) is 8.23. The van der Waals surface area contributed by atoms with Crippen LogP contribution in [0.4, 0.5) is 17.6 Å². The lowest BCUT2D eigenvalue weighted by atomic mass is 10.2. The number of aliphatic hydroxyl groups excluding tert-OH is 1. The Balaban J connectivity index is 0.00000300. The largest absolute Gasteiger partial charge is 0.386 e. The summed E-state index contributed by atoms with van der Waals surface area (Å²) >= 11 is 1.45. The molecule has 1 unspecified atom stereocenters. The second-order valence-electron chi connectivity index (χ2n) is 5.96. The lowest BCUT2D eigenvalue weighted by Gasteiger charge is -2.15. The zero-order valence-corrected chi connectivity index (χ0v) is 18.3. The Hall–Kier alpha value is -1.92. The second kappa shape index (κ2) is 10.2. The van der Waals surface area contributed by atoms with Gasteiger partial charge in [0.15, 0.2) is 29.2 Å². The zero-order valence-electron chi connectivity index (χ0n) is 15.2. The van der Waals surface area contributed by atoms with E-state index in [4.69, 9.17) is 0 Å². The van der Waals surface area contributed by atoms with Crippen molar-refractivity contribution >= 4 is 51.4 Å². The van der Waals surface area contributed by atoms with Gasteiger partial charge in [-0.1, -0.05) is 18.2 Å². The van der Waals surface area contributed by atoms with Crippen LogP contribution in [0.25, 0.3) is 10.1 Å². The van der Waals surface area contributed by atoms with E-state index in [2.05, 4.69) is 15.6 Å². The first-order chi connectivity index (χ1) is 13.4. The number of guanidine groups is 1. The van der Waals surface area contributed by atoms with Crippen LogP contribution in [0, 0.1) is 23.3 Å². The van der Waals surface area contributed by atoms with Gasteiger partial charge in [-0.25, -0.2) is 17.6 Å². The van der Waals surface area contributed by atoms with Crippen LogP contribution >= 0.6 is 35.3 Å². The van der Waals surface area contributed by atoms with Crippen molar-refractivity contribution in [3.05, 3.63) is 70.1 Å². The van der Waals surface area contributed by atoms with Crippen LogP contribution in [0.1, 0.15) is 16.5 Å². The van der Waals surface area contributed by atoms with Crippen molar-refractivity contribution in [1.29, 1.82) is 0 Å². The Morgan fingerprint density at radius 1 is 1.07 bits per heavy atom. The van der Waals surface area contributed by atoms with Gasteiger partial charge in [0.05, 0.1) is 0 Å². The molecule has 0 saturated heterocycles. The number of rotatable bonds is 5. The summed E-state index contributed by atoms with van der Waals surface area (Å²) in [6.07, 6.45) is -0.837. The Labute approximate surface area is 185 Å². The van der Waals surface area contributed by atoms with E-state index in [1.807, 2.05) is 30.3 Å². The Morgan fingerprint density at radius 3 is 2.34 bits per heavy atom. The highest BCUT2D eigenvalue weighted by molar-refractivity contribution is 14.0. The summed E-state index contributed by atoms with van der Waals surface area (Å²) in [5.41, 5.74) is -0.773. The number of aliphatic hydroxyl groups is 1. The third-order valence-corrected chi connectivity index (χ3v) is 5.31. The Bertz CT molecular complexity index is 969. The van der Waals surface area contributed by atoms with E-state index in [0.717, 1.165) is 15.0 Å². The van der Waals surface area contributed by atoms with Crippen LogP contribution in [-0.2, 0) is 6.54 Å². The summed E-state index contributed by atoms with van der Waals surface area (Å²) < 4.78 is 55.0. The number of nitrogens with one attached hydrogen (secondary N) is 2. The fourth-order valence-corrected chi connectivity index (χ4v) is 3.68. The average molecular weight is 539 g/mol. The number of nitrogens with zero attached hydrogens (tertiary/aromatic N) is 1. The molecule has 0 radical (unpaired) electrons. The quantitative estimate of drug-likeness (QED) is 0.148. The molecule has 0 fully saturated rings. The molecule has 29 heavy (non-hydrogen) atoms. The van der Waals surface area contributed by atoms with Crippen LogP contribution in [0.5, 0.6) is 0 Å². The molecule has 0 amide bonds. The van der Waals surface area contributed by atoms with E-state index in [0.29, 0.717) is 0 Å². The fourth-order valence-electron chi connectivity index (χ4n) is 2.63. The van der Waals surface area contributed by atoms with Gasteiger partial charge in [0.25, 0.3) is 0 Å². The fraction of sp³-hybridized carbons (Fsp3) is 0.211. The SMILES string of the molecule is CN=C(NCc1c(F)c(F)cc(F)c1F)NCC(O)c1cc2ccccc2s1.I. The molecule has 4 nitrogen and oxygen atoms in total. The number of hydrogen-bond donors (Lipinski definition) is 3. The van der Waals surface area contributed by atoms with Gasteiger partial charge in [0.2, 0.25) is 0 Å². The van der Waals surface area contributed by atoms with E-state index >= 15 is 0 Å². The maximum atomic E-state index is 13.7. The summed E-state index contributed by atoms with van der Waals surface area (Å²) in [5, 5.41) is 16.8. The third kappa shape index (κ3) is 5.37. The molecule has 1 atom stereocenters. The van der Waals surface area contributed by atoms with Gasteiger partial charge >= 0.3 is 0 Å². The highest BCUT2D eigenvalue weighted by Gasteiger charge is 2.19. The topological polar surface area (TPSA) is 56.7 Å². The van der Waals surface area contributed by atoms with Gasteiger partial charge < -0.3 is 15.7 Å². The molecule has 156 valence electrons. The van der Waals surface area contributed by atoms with Crippen LogP contribution in [0.2, 0.25) is 0 Å². The van der Waals surface area contributed by atoms with Gasteiger partial charge in [-0.15, -0.1) is 35.3 Å². The minimum absolute atomic E-state index is 0. The summed E-state index contributed by atoms with van der Waals surface area (Å²) in [7, 11) is 1.42. The molecule has 1 heterocycles. The summed E-state index contributed by atoms with van der Waals surface area (Å²) in [5.74, 6) is -5.76. The molecule has 0 spiro atoms. The standard InChI is InChI=1S/C19H17F4N3OS.HI/c1-24-19(25-8-11-17(22)12(20)7-13(21)18(11)23)26-9-14(27)16-6-10-4-2-3-5-15(10)28-16;/h2-7,14,27H,8-9H2,1H3,(H2,24,25,26);1H. The van der Waals surface area contributed by atoms with Crippen molar-refractivity contribution in [2.24, 2.45) is 4.99 Å². The normalized spacial score (nSPS) is 12.6. The molecule has 10 heteroatoms. The van der Waals surface area contributed by atoms with Gasteiger partial charge in [-0.3, -0.25) is 4.99 Å². The first-order valence-corrected chi connectivity index (χ1v) is 9.15. The van der Waals surface area contributed by atoms with Crippen LogP contribution in [0.3, 0.4) is 0 Å². The lowest BCUT2D eigenvalue weighted by Crippen LogP contribution is -2.39. The van der Waals surface area contributed by atoms with Crippen LogP contribution < -0.4 is 10.6 Å². The summed E-state index contributed by atoms with van der Waals surface area (Å²) in [6.45, 7) is -0.444.